The summed E-state index contributed by atoms with van der Waals surface area (Å²) in [4.78, 5) is 5.08. The molecule has 2 nitrogen and oxygen atoms in total. The molecule has 0 aliphatic heterocycles. The van der Waals surface area contributed by atoms with Crippen LogP contribution in [0.2, 0.25) is 0 Å². The third-order valence-corrected chi connectivity index (χ3v) is 14.0. The third-order valence-electron chi connectivity index (χ3n) is 13.0. The van der Waals surface area contributed by atoms with Gasteiger partial charge in [0.05, 0.1) is 6.04 Å². The molecule has 0 bridgehead atoms. The maximum atomic E-state index is 4.36. The molecule has 0 aromatic heterocycles. The molecule has 0 heterocycles. The van der Waals surface area contributed by atoms with Gasteiger partial charge in [0.25, 0.3) is 0 Å². The standard InChI is InChI=1S/C53H47BrN2/c1-53(2)49-26-16-15-25-43(49)44-30-27-36(33-50(44)53)51-45-31-28-42(56(39-21-11-5-12-22-39)40-23-13-6-14-24-40)35-48(45)52(54)46-32-29-41(34-47(46)51)55(37-17-7-3-8-18-37)38-19-9-4-10-20-38/h3-19,21-28,30-31,33-34,38,47-48,51H,20,29,32,35H2,1-2H3. The number of benzene rings is 5. The summed E-state index contributed by atoms with van der Waals surface area (Å²) in [5.41, 5.74) is 16.4. The van der Waals surface area contributed by atoms with Gasteiger partial charge >= 0.3 is 0 Å². The molecule has 0 saturated heterocycles. The SMILES string of the molecule is CC1(C)c2ccccc2-c2ccc(C3C4=CC=C(N(c5ccccc5)c5ccccc5)CC4C(Br)=C4CCC(N(c5ccccc5)C5C=CC=CC5)=CC43)cc21. The van der Waals surface area contributed by atoms with Gasteiger partial charge in [-0.2, -0.15) is 0 Å². The Morgan fingerprint density at radius 2 is 1.30 bits per heavy atom. The summed E-state index contributed by atoms with van der Waals surface area (Å²) in [5, 5.41) is 0. The van der Waals surface area contributed by atoms with Crippen LogP contribution >= 0.6 is 15.9 Å². The van der Waals surface area contributed by atoms with Gasteiger partial charge in [-0.25, -0.2) is 0 Å². The summed E-state index contributed by atoms with van der Waals surface area (Å²) >= 11 is 4.36. The van der Waals surface area contributed by atoms with Crippen molar-refractivity contribution in [3.8, 4) is 11.1 Å². The van der Waals surface area contributed by atoms with Crippen molar-refractivity contribution in [2.45, 2.75) is 56.9 Å². The lowest BCUT2D eigenvalue weighted by molar-refractivity contribution is 0.486. The van der Waals surface area contributed by atoms with Crippen LogP contribution in [0.1, 0.15) is 62.1 Å². The van der Waals surface area contributed by atoms with Gasteiger partial charge in [0.1, 0.15) is 0 Å². The quantitative estimate of drug-likeness (QED) is 0.162. The largest absolute Gasteiger partial charge is 0.338 e. The first-order valence-corrected chi connectivity index (χ1v) is 21.1. The van der Waals surface area contributed by atoms with E-state index >= 15 is 0 Å². The average Bonchev–Trinajstić information content (AvgIpc) is 3.48. The van der Waals surface area contributed by atoms with Crippen LogP contribution in [0.25, 0.3) is 11.1 Å². The highest BCUT2D eigenvalue weighted by molar-refractivity contribution is 9.11. The van der Waals surface area contributed by atoms with Crippen molar-refractivity contribution in [2.75, 3.05) is 9.80 Å². The molecule has 4 atom stereocenters. The minimum Gasteiger partial charge on any atom is -0.338 e. The molecule has 0 saturated carbocycles. The summed E-state index contributed by atoms with van der Waals surface area (Å²) in [7, 11) is 0. The van der Waals surface area contributed by atoms with E-state index < -0.39 is 0 Å². The number of para-hydroxylation sites is 3. The van der Waals surface area contributed by atoms with Crippen LogP contribution in [0.5, 0.6) is 0 Å². The highest BCUT2D eigenvalue weighted by atomic mass is 79.9. The fourth-order valence-electron chi connectivity index (χ4n) is 10.3. The van der Waals surface area contributed by atoms with E-state index in [9.17, 15) is 0 Å². The van der Waals surface area contributed by atoms with E-state index in [1.807, 2.05) is 0 Å². The van der Waals surface area contributed by atoms with Gasteiger partial charge in [-0.3, -0.25) is 0 Å². The van der Waals surface area contributed by atoms with Crippen LogP contribution in [0.15, 0.2) is 203 Å². The molecule has 0 fully saturated rings. The lowest BCUT2D eigenvalue weighted by Gasteiger charge is -2.46. The first kappa shape index (κ1) is 35.1. The fourth-order valence-corrected chi connectivity index (χ4v) is 11.2. The van der Waals surface area contributed by atoms with Gasteiger partial charge in [-0.05, 0) is 96.0 Å². The van der Waals surface area contributed by atoms with Crippen molar-refractivity contribution in [1.29, 1.82) is 0 Å². The number of allylic oxidation sites excluding steroid dienone is 10. The minimum absolute atomic E-state index is 0.0619. The maximum Gasteiger partial charge on any atom is 0.0556 e. The van der Waals surface area contributed by atoms with Crippen molar-refractivity contribution >= 4 is 33.0 Å². The van der Waals surface area contributed by atoms with E-state index in [4.69, 9.17) is 0 Å². The molecule has 276 valence electrons. The monoisotopic (exact) mass is 790 g/mol. The first-order chi connectivity index (χ1) is 27.5. The molecule has 5 aromatic rings. The number of rotatable bonds is 7. The van der Waals surface area contributed by atoms with Crippen LogP contribution in [0.4, 0.5) is 17.1 Å². The molecule has 0 N–H and O–H groups in total. The van der Waals surface area contributed by atoms with Gasteiger partial charge in [-0.15, -0.1) is 0 Å². The minimum atomic E-state index is -0.0619. The van der Waals surface area contributed by atoms with Gasteiger partial charge in [0.2, 0.25) is 0 Å². The second kappa shape index (κ2) is 14.3. The molecular weight excluding hydrogens is 745 g/mol. The lowest BCUT2D eigenvalue weighted by atomic mass is 9.63. The summed E-state index contributed by atoms with van der Waals surface area (Å²) < 4.78 is 1.38. The number of anilines is 3. The van der Waals surface area contributed by atoms with Gasteiger partial charge < -0.3 is 9.80 Å². The Kier molecular flexibility index (Phi) is 8.94. The Hall–Kier alpha value is -5.38. The zero-order chi connectivity index (χ0) is 37.8. The van der Waals surface area contributed by atoms with Crippen LogP contribution in [-0.4, -0.2) is 6.04 Å². The maximum absolute atomic E-state index is 4.36. The fraction of sp³-hybridized carbons (Fsp3) is 0.208. The van der Waals surface area contributed by atoms with Crippen LogP contribution in [0.3, 0.4) is 0 Å². The molecule has 5 aliphatic rings. The Bertz CT molecular complexity index is 2440. The van der Waals surface area contributed by atoms with E-state index in [2.05, 4.69) is 216 Å². The molecule has 3 heteroatoms. The third kappa shape index (κ3) is 5.91. The van der Waals surface area contributed by atoms with E-state index in [0.717, 1.165) is 25.7 Å². The Morgan fingerprint density at radius 3 is 2.00 bits per heavy atom. The van der Waals surface area contributed by atoms with Crippen LogP contribution in [0, 0.1) is 11.8 Å². The van der Waals surface area contributed by atoms with Crippen molar-refractivity contribution < 1.29 is 0 Å². The summed E-state index contributed by atoms with van der Waals surface area (Å²) in [6.07, 6.45) is 20.6. The summed E-state index contributed by atoms with van der Waals surface area (Å²) in [5.74, 6) is 0.714. The van der Waals surface area contributed by atoms with E-state index in [-0.39, 0.29) is 29.2 Å². The van der Waals surface area contributed by atoms with Gasteiger partial charge in [0, 0.05) is 56.1 Å². The Balaban J connectivity index is 1.14. The molecule has 0 amide bonds. The van der Waals surface area contributed by atoms with Crippen molar-refractivity contribution in [1.82, 2.24) is 0 Å². The number of fused-ring (bicyclic) bond motifs is 5. The highest BCUT2D eigenvalue weighted by Gasteiger charge is 2.44. The van der Waals surface area contributed by atoms with E-state index in [0.29, 0.717) is 0 Å². The summed E-state index contributed by atoms with van der Waals surface area (Å²) in [6.45, 7) is 4.82. The normalized spacial score (nSPS) is 22.9. The highest BCUT2D eigenvalue weighted by Crippen LogP contribution is 2.58. The molecule has 5 aromatic carbocycles. The average molecular weight is 792 g/mol. The Morgan fingerprint density at radius 1 is 0.643 bits per heavy atom. The van der Waals surface area contributed by atoms with Crippen molar-refractivity contribution in [2.24, 2.45) is 11.8 Å². The zero-order valence-electron chi connectivity index (χ0n) is 32.2. The number of nitrogens with zero attached hydrogens (tertiary/aromatic N) is 2. The van der Waals surface area contributed by atoms with Crippen molar-refractivity contribution in [3.63, 3.8) is 0 Å². The smallest absolute Gasteiger partial charge is 0.0556 e. The summed E-state index contributed by atoms with van der Waals surface area (Å²) in [6, 6.07) is 49.5. The molecule has 5 aliphatic carbocycles. The number of halogens is 1. The zero-order valence-corrected chi connectivity index (χ0v) is 33.7. The number of hydrogen-bond acceptors (Lipinski definition) is 2. The second-order valence-corrected chi connectivity index (χ2v) is 17.3. The molecule has 0 spiro atoms. The van der Waals surface area contributed by atoms with Crippen LogP contribution < -0.4 is 9.80 Å². The molecule has 56 heavy (non-hydrogen) atoms. The Labute approximate surface area is 340 Å². The van der Waals surface area contributed by atoms with Crippen molar-refractivity contribution in [3.05, 3.63) is 220 Å². The molecule has 0 radical (unpaired) electrons. The lowest BCUT2D eigenvalue weighted by Crippen LogP contribution is -2.37. The first-order valence-electron chi connectivity index (χ1n) is 20.3. The molecule has 10 rings (SSSR count). The number of hydrogen-bond donors (Lipinski definition) is 0. The van der Waals surface area contributed by atoms with Crippen LogP contribution in [-0.2, 0) is 5.41 Å². The van der Waals surface area contributed by atoms with E-state index in [1.165, 1.54) is 66.3 Å². The topological polar surface area (TPSA) is 6.48 Å². The molecule has 4 unspecified atom stereocenters. The second-order valence-electron chi connectivity index (χ2n) is 16.4. The predicted molar refractivity (Wildman–Crippen MR) is 238 cm³/mol. The predicted octanol–water partition coefficient (Wildman–Crippen LogP) is 14.1. The van der Waals surface area contributed by atoms with E-state index in [1.54, 1.807) is 5.57 Å². The molecular formula is C53H47BrN2. The van der Waals surface area contributed by atoms with Gasteiger partial charge in [-0.1, -0.05) is 174 Å². The van der Waals surface area contributed by atoms with Gasteiger partial charge in [0.15, 0.2) is 0 Å².